The molecule has 0 spiro atoms. The molecule has 5 rings (SSSR count). The van der Waals surface area contributed by atoms with Gasteiger partial charge in [0.2, 0.25) is 0 Å². The fraction of sp³-hybridized carbons (Fsp3) is 0.103. The van der Waals surface area contributed by atoms with Crippen LogP contribution in [-0.4, -0.2) is 28.8 Å². The van der Waals surface area contributed by atoms with E-state index in [0.29, 0.717) is 38.4 Å². The van der Waals surface area contributed by atoms with Gasteiger partial charge in [0.1, 0.15) is 18.0 Å². The molecular weight excluding hydrogens is 580 g/mol. The van der Waals surface area contributed by atoms with Crippen molar-refractivity contribution in [3.8, 4) is 21.9 Å². The molecule has 0 saturated carbocycles. The van der Waals surface area contributed by atoms with Crippen LogP contribution in [0.15, 0.2) is 99.6 Å². The molecular formula is C29H23BrN4O4S. The normalized spacial score (nSPS) is 11.1. The second-order valence-corrected chi connectivity index (χ2v) is 10.4. The molecule has 10 heteroatoms. The van der Waals surface area contributed by atoms with Crippen LogP contribution in [0, 0.1) is 0 Å². The van der Waals surface area contributed by atoms with E-state index in [-0.39, 0.29) is 12.1 Å². The van der Waals surface area contributed by atoms with E-state index in [1.807, 2.05) is 72.8 Å². The molecule has 5 aromatic rings. The highest BCUT2D eigenvalue weighted by atomic mass is 79.9. The van der Waals surface area contributed by atoms with E-state index in [4.69, 9.17) is 9.47 Å². The van der Waals surface area contributed by atoms with E-state index < -0.39 is 5.91 Å². The second kappa shape index (κ2) is 12.1. The third kappa shape index (κ3) is 6.24. The number of fused-ring (bicyclic) bond motifs is 1. The maximum atomic E-state index is 13.0. The summed E-state index contributed by atoms with van der Waals surface area (Å²) in [6.45, 7) is 0.174. The first-order valence-electron chi connectivity index (χ1n) is 11.9. The lowest BCUT2D eigenvalue weighted by molar-refractivity contribution is -0.121. The summed E-state index contributed by atoms with van der Waals surface area (Å²) in [6, 6.07) is 25.0. The maximum Gasteiger partial charge on any atom is 0.262 e. The van der Waals surface area contributed by atoms with E-state index in [2.05, 4.69) is 31.4 Å². The molecule has 2 aromatic heterocycles. The summed E-state index contributed by atoms with van der Waals surface area (Å²) in [6.07, 6.45) is 2.87. The molecule has 0 aliphatic carbocycles. The Bertz CT molecular complexity index is 1700. The highest BCUT2D eigenvalue weighted by molar-refractivity contribution is 9.10. The monoisotopic (exact) mass is 602 g/mol. The molecule has 0 fully saturated rings. The van der Waals surface area contributed by atoms with Gasteiger partial charge in [-0.3, -0.25) is 14.2 Å². The van der Waals surface area contributed by atoms with Gasteiger partial charge in [0.25, 0.3) is 11.5 Å². The van der Waals surface area contributed by atoms with E-state index in [9.17, 15) is 9.59 Å². The van der Waals surface area contributed by atoms with Crippen molar-refractivity contribution in [2.45, 2.75) is 13.2 Å². The lowest BCUT2D eigenvalue weighted by atomic mass is 10.2. The highest BCUT2D eigenvalue weighted by Gasteiger charge is 2.13. The van der Waals surface area contributed by atoms with Gasteiger partial charge in [-0.2, -0.15) is 5.10 Å². The topological polar surface area (TPSA) is 94.8 Å². The number of nitrogens with one attached hydrogen (secondary N) is 1. The van der Waals surface area contributed by atoms with Gasteiger partial charge < -0.3 is 9.47 Å². The largest absolute Gasteiger partial charge is 0.493 e. The van der Waals surface area contributed by atoms with Gasteiger partial charge in [0.05, 0.1) is 29.5 Å². The number of rotatable bonds is 9. The lowest BCUT2D eigenvalue weighted by Gasteiger charge is -2.13. The van der Waals surface area contributed by atoms with E-state index in [1.165, 1.54) is 28.4 Å². The Morgan fingerprint density at radius 3 is 2.59 bits per heavy atom. The van der Waals surface area contributed by atoms with Gasteiger partial charge in [-0.25, -0.2) is 10.4 Å². The number of amides is 1. The van der Waals surface area contributed by atoms with Gasteiger partial charge in [0, 0.05) is 4.88 Å². The molecule has 0 aliphatic rings. The molecule has 1 amide bonds. The number of thiophene rings is 1. The van der Waals surface area contributed by atoms with Gasteiger partial charge in [0.15, 0.2) is 11.5 Å². The van der Waals surface area contributed by atoms with Gasteiger partial charge in [-0.15, -0.1) is 11.3 Å². The average molecular weight is 603 g/mol. The lowest BCUT2D eigenvalue weighted by Crippen LogP contribution is -2.29. The maximum absolute atomic E-state index is 13.0. The number of ether oxygens (including phenoxy) is 2. The van der Waals surface area contributed by atoms with Crippen molar-refractivity contribution in [1.29, 1.82) is 0 Å². The third-order valence-electron chi connectivity index (χ3n) is 5.77. The SMILES string of the molecule is COc1cc(C=NNC(=O)Cn2cnc3sc(-c4ccccc4)cc3c2=O)cc(Br)c1OCc1ccccc1. The molecule has 0 bridgehead atoms. The molecule has 1 N–H and O–H groups in total. The quantitative estimate of drug-likeness (QED) is 0.174. The first-order chi connectivity index (χ1) is 19.0. The molecule has 196 valence electrons. The molecule has 8 nitrogen and oxygen atoms in total. The van der Waals surface area contributed by atoms with Crippen LogP contribution in [0.5, 0.6) is 11.5 Å². The first-order valence-corrected chi connectivity index (χ1v) is 13.5. The molecule has 0 aliphatic heterocycles. The molecule has 0 radical (unpaired) electrons. The highest BCUT2D eigenvalue weighted by Crippen LogP contribution is 2.37. The fourth-order valence-corrected chi connectivity index (χ4v) is 5.44. The van der Waals surface area contributed by atoms with Crippen molar-refractivity contribution >= 4 is 49.6 Å². The van der Waals surface area contributed by atoms with Crippen LogP contribution >= 0.6 is 27.3 Å². The Hall–Kier alpha value is -4.28. The van der Waals surface area contributed by atoms with Crippen molar-refractivity contribution < 1.29 is 14.3 Å². The summed E-state index contributed by atoms with van der Waals surface area (Å²) >= 11 is 4.96. The fourth-order valence-electron chi connectivity index (χ4n) is 3.87. The summed E-state index contributed by atoms with van der Waals surface area (Å²) in [7, 11) is 1.55. The minimum atomic E-state index is -0.457. The number of carbonyl (C=O) groups excluding carboxylic acids is 1. The molecule has 0 atom stereocenters. The standard InChI is InChI=1S/C29H23BrN4O4S/c1-37-24-13-20(12-23(30)27(24)38-17-19-8-4-2-5-9-19)15-32-33-26(35)16-34-18-31-28-22(29(34)36)14-25(39-28)21-10-6-3-7-11-21/h2-15,18H,16-17H2,1H3,(H,33,35). The van der Waals surface area contributed by atoms with Crippen molar-refractivity contribution in [3.05, 3.63) is 111 Å². The summed E-state index contributed by atoms with van der Waals surface area (Å²) in [5.41, 5.74) is 4.90. The van der Waals surface area contributed by atoms with E-state index in [0.717, 1.165) is 16.0 Å². The third-order valence-corrected chi connectivity index (χ3v) is 7.45. The Kier molecular flexibility index (Phi) is 8.14. The number of hydrogen-bond donors (Lipinski definition) is 1. The zero-order valence-electron chi connectivity index (χ0n) is 20.8. The minimum absolute atomic E-state index is 0.213. The number of nitrogens with zero attached hydrogens (tertiary/aromatic N) is 3. The Morgan fingerprint density at radius 2 is 1.85 bits per heavy atom. The van der Waals surface area contributed by atoms with Crippen LogP contribution in [0.2, 0.25) is 0 Å². The van der Waals surface area contributed by atoms with Crippen molar-refractivity contribution in [3.63, 3.8) is 0 Å². The van der Waals surface area contributed by atoms with Crippen molar-refractivity contribution in [1.82, 2.24) is 15.0 Å². The zero-order chi connectivity index (χ0) is 27.2. The Morgan fingerprint density at radius 1 is 1.10 bits per heavy atom. The molecule has 0 saturated heterocycles. The number of aromatic nitrogens is 2. The number of hydrogen-bond acceptors (Lipinski definition) is 7. The van der Waals surface area contributed by atoms with E-state index >= 15 is 0 Å². The first kappa shape index (κ1) is 26.3. The number of hydrazone groups is 1. The van der Waals surface area contributed by atoms with Crippen molar-refractivity contribution in [2.24, 2.45) is 5.10 Å². The predicted molar refractivity (Wildman–Crippen MR) is 157 cm³/mol. The number of benzene rings is 3. The number of methoxy groups -OCH3 is 1. The van der Waals surface area contributed by atoms with E-state index in [1.54, 1.807) is 13.2 Å². The summed E-state index contributed by atoms with van der Waals surface area (Å²) in [5, 5.41) is 4.51. The Balaban J connectivity index is 1.24. The van der Waals surface area contributed by atoms with Gasteiger partial charge in [-0.1, -0.05) is 60.7 Å². The Labute approximate surface area is 236 Å². The number of halogens is 1. The van der Waals surface area contributed by atoms with Crippen LogP contribution in [-0.2, 0) is 17.9 Å². The molecule has 39 heavy (non-hydrogen) atoms. The van der Waals surface area contributed by atoms with Crippen LogP contribution in [0.1, 0.15) is 11.1 Å². The zero-order valence-corrected chi connectivity index (χ0v) is 23.2. The summed E-state index contributed by atoms with van der Waals surface area (Å²) < 4.78 is 13.4. The predicted octanol–water partition coefficient (Wildman–Crippen LogP) is 5.63. The summed E-state index contributed by atoms with van der Waals surface area (Å²) in [5.74, 6) is 0.625. The second-order valence-electron chi connectivity index (χ2n) is 8.47. The van der Waals surface area contributed by atoms with Crippen molar-refractivity contribution in [2.75, 3.05) is 7.11 Å². The molecule has 0 unspecified atom stereocenters. The number of carbonyl (C=O) groups is 1. The molecule has 2 heterocycles. The van der Waals surface area contributed by atoms with Gasteiger partial charge >= 0.3 is 0 Å². The minimum Gasteiger partial charge on any atom is -0.493 e. The smallest absolute Gasteiger partial charge is 0.262 e. The van der Waals surface area contributed by atoms with Crippen LogP contribution in [0.25, 0.3) is 20.7 Å². The van der Waals surface area contributed by atoms with Crippen LogP contribution in [0.4, 0.5) is 0 Å². The summed E-state index contributed by atoms with van der Waals surface area (Å²) in [4.78, 5) is 31.4. The van der Waals surface area contributed by atoms with Crippen LogP contribution < -0.4 is 20.5 Å². The van der Waals surface area contributed by atoms with Gasteiger partial charge in [-0.05, 0) is 50.8 Å². The molecule has 3 aromatic carbocycles. The van der Waals surface area contributed by atoms with Crippen LogP contribution in [0.3, 0.4) is 0 Å². The average Bonchev–Trinajstić information content (AvgIpc) is 3.40.